The Balaban J connectivity index is 1.39. The average molecular weight is 462 g/mol. The predicted octanol–water partition coefficient (Wildman–Crippen LogP) is 6.63. The number of aromatic carboxylic acids is 1. The van der Waals surface area contributed by atoms with E-state index in [1.54, 1.807) is 30.5 Å². The third-order valence-electron chi connectivity index (χ3n) is 5.63. The molecule has 0 aliphatic heterocycles. The second-order valence-corrected chi connectivity index (χ2v) is 8.00. The number of benzene rings is 4. The lowest BCUT2D eigenvalue weighted by molar-refractivity contribution is 0.0697. The van der Waals surface area contributed by atoms with Crippen LogP contribution in [0.2, 0.25) is 0 Å². The fourth-order valence-electron chi connectivity index (χ4n) is 3.91. The van der Waals surface area contributed by atoms with Crippen molar-refractivity contribution >= 4 is 28.8 Å². The molecule has 0 saturated carbocycles. The summed E-state index contributed by atoms with van der Waals surface area (Å²) in [5.41, 5.74) is 7.04. The lowest BCUT2D eigenvalue weighted by Gasteiger charge is -2.12. The van der Waals surface area contributed by atoms with Gasteiger partial charge in [-0.2, -0.15) is 5.10 Å². The van der Waals surface area contributed by atoms with Crippen molar-refractivity contribution < 1.29 is 14.6 Å². The van der Waals surface area contributed by atoms with Gasteiger partial charge >= 0.3 is 5.97 Å². The summed E-state index contributed by atoms with van der Waals surface area (Å²) in [6.07, 6.45) is 3.85. The van der Waals surface area contributed by atoms with Crippen molar-refractivity contribution in [3.05, 3.63) is 126 Å². The Labute approximate surface area is 202 Å². The quantitative estimate of drug-likeness (QED) is 0.201. The second kappa shape index (κ2) is 9.97. The highest BCUT2D eigenvalue weighted by Crippen LogP contribution is 2.28. The minimum absolute atomic E-state index is 0.235. The monoisotopic (exact) mass is 461 g/mol. The summed E-state index contributed by atoms with van der Waals surface area (Å²) in [6, 6.07) is 32.5. The molecule has 2 N–H and O–H groups in total. The van der Waals surface area contributed by atoms with Crippen LogP contribution >= 0.6 is 0 Å². The molecule has 6 nitrogen and oxygen atoms in total. The highest BCUT2D eigenvalue weighted by atomic mass is 16.5. The topological polar surface area (TPSA) is 75.9 Å². The maximum atomic E-state index is 11.0. The number of carboxylic acids is 1. The van der Waals surface area contributed by atoms with E-state index in [4.69, 9.17) is 9.84 Å². The van der Waals surface area contributed by atoms with Crippen molar-refractivity contribution in [2.45, 2.75) is 6.54 Å². The van der Waals surface area contributed by atoms with Gasteiger partial charge in [0.1, 0.15) is 11.5 Å². The third-order valence-corrected chi connectivity index (χ3v) is 5.63. The van der Waals surface area contributed by atoms with E-state index in [1.807, 2.05) is 60.7 Å². The van der Waals surface area contributed by atoms with E-state index in [0.29, 0.717) is 12.2 Å². The Morgan fingerprint density at radius 2 is 1.60 bits per heavy atom. The summed E-state index contributed by atoms with van der Waals surface area (Å²) < 4.78 is 8.34. The van der Waals surface area contributed by atoms with E-state index in [2.05, 4.69) is 39.5 Å². The fourth-order valence-corrected chi connectivity index (χ4v) is 3.91. The van der Waals surface area contributed by atoms with Crippen LogP contribution in [0.25, 0.3) is 10.9 Å². The first-order chi connectivity index (χ1) is 17.2. The summed E-state index contributed by atoms with van der Waals surface area (Å²) in [6.45, 7) is 0.640. The number of rotatable bonds is 8. The van der Waals surface area contributed by atoms with Crippen LogP contribution < -0.4 is 10.2 Å². The van der Waals surface area contributed by atoms with E-state index in [1.165, 1.54) is 0 Å². The molecular weight excluding hydrogens is 438 g/mol. The maximum Gasteiger partial charge on any atom is 0.335 e. The Bertz CT molecular complexity index is 1490. The molecule has 1 heterocycles. The van der Waals surface area contributed by atoms with Crippen LogP contribution in [0, 0.1) is 0 Å². The Morgan fingerprint density at radius 3 is 2.40 bits per heavy atom. The average Bonchev–Trinajstić information content (AvgIpc) is 3.23. The largest absolute Gasteiger partial charge is 0.478 e. The molecule has 0 atom stereocenters. The van der Waals surface area contributed by atoms with Gasteiger partial charge in [0.25, 0.3) is 0 Å². The molecule has 172 valence electrons. The highest BCUT2D eigenvalue weighted by Gasteiger charge is 2.10. The van der Waals surface area contributed by atoms with Gasteiger partial charge in [0.15, 0.2) is 0 Å². The van der Waals surface area contributed by atoms with Crippen LogP contribution in [0.3, 0.4) is 0 Å². The van der Waals surface area contributed by atoms with Gasteiger partial charge in [-0.3, -0.25) is 5.43 Å². The minimum Gasteiger partial charge on any atom is -0.478 e. The van der Waals surface area contributed by atoms with Crippen LogP contribution in [-0.2, 0) is 6.54 Å². The van der Waals surface area contributed by atoms with Crippen LogP contribution in [0.15, 0.2) is 114 Å². The van der Waals surface area contributed by atoms with Gasteiger partial charge in [0.05, 0.1) is 24.0 Å². The second-order valence-electron chi connectivity index (χ2n) is 8.00. The molecule has 0 bridgehead atoms. The molecule has 0 fully saturated rings. The standard InChI is InChI=1S/C29H23N3O3/c33-29(34)21-14-16-24(17-15-21)31-30-18-23-20-32(27-12-6-5-11-26(23)27)19-22-8-4-7-13-28(22)35-25-9-2-1-3-10-25/h1-18,20,31H,19H2,(H,33,34)/b30-18+. The first-order valence-electron chi connectivity index (χ1n) is 11.2. The number of fused-ring (bicyclic) bond motifs is 1. The Hall–Kier alpha value is -4.84. The zero-order valence-corrected chi connectivity index (χ0v) is 18.8. The van der Waals surface area contributed by atoms with Crippen LogP contribution in [-0.4, -0.2) is 21.9 Å². The van der Waals surface area contributed by atoms with Gasteiger partial charge in [-0.1, -0.05) is 54.6 Å². The normalized spacial score (nSPS) is 11.1. The van der Waals surface area contributed by atoms with Crippen LogP contribution in [0.5, 0.6) is 11.5 Å². The van der Waals surface area contributed by atoms with E-state index < -0.39 is 5.97 Å². The summed E-state index contributed by atoms with van der Waals surface area (Å²) >= 11 is 0. The van der Waals surface area contributed by atoms with E-state index in [9.17, 15) is 4.79 Å². The molecule has 0 aliphatic carbocycles. The number of ether oxygens (including phenoxy) is 1. The van der Waals surface area contributed by atoms with E-state index in [-0.39, 0.29) is 5.56 Å². The van der Waals surface area contributed by atoms with E-state index >= 15 is 0 Å². The van der Waals surface area contributed by atoms with Gasteiger partial charge in [-0.05, 0) is 48.5 Å². The zero-order valence-electron chi connectivity index (χ0n) is 18.8. The number of aromatic nitrogens is 1. The zero-order chi connectivity index (χ0) is 24.0. The van der Waals surface area contributed by atoms with Crippen molar-refractivity contribution in [3.8, 4) is 11.5 Å². The molecule has 0 spiro atoms. The number of para-hydroxylation sites is 3. The highest BCUT2D eigenvalue weighted by molar-refractivity contribution is 5.99. The van der Waals surface area contributed by atoms with Crippen molar-refractivity contribution in [1.29, 1.82) is 0 Å². The molecule has 0 unspecified atom stereocenters. The Morgan fingerprint density at radius 1 is 0.886 bits per heavy atom. The number of nitrogens with one attached hydrogen (secondary N) is 1. The number of carbonyl (C=O) groups is 1. The number of carboxylic acid groups (broad SMARTS) is 1. The number of anilines is 1. The molecule has 4 aromatic carbocycles. The van der Waals surface area contributed by atoms with Gasteiger partial charge in [0.2, 0.25) is 0 Å². The van der Waals surface area contributed by atoms with Gasteiger partial charge in [-0.15, -0.1) is 0 Å². The number of hydrazone groups is 1. The summed E-state index contributed by atoms with van der Waals surface area (Å²) in [7, 11) is 0. The first kappa shape index (κ1) is 22.0. The molecule has 1 aromatic heterocycles. The maximum absolute atomic E-state index is 11.0. The molecule has 35 heavy (non-hydrogen) atoms. The minimum atomic E-state index is -0.955. The molecule has 0 radical (unpaired) electrons. The SMILES string of the molecule is O=C(O)c1ccc(N/N=C/c2cn(Cc3ccccc3Oc3ccccc3)c3ccccc23)cc1. The lowest BCUT2D eigenvalue weighted by atomic mass is 10.2. The van der Waals surface area contributed by atoms with E-state index in [0.717, 1.165) is 33.5 Å². The number of hydrogen-bond donors (Lipinski definition) is 2. The molecule has 0 saturated heterocycles. The first-order valence-corrected chi connectivity index (χ1v) is 11.2. The number of hydrogen-bond acceptors (Lipinski definition) is 4. The molecule has 0 aliphatic rings. The van der Waals surface area contributed by atoms with Gasteiger partial charge < -0.3 is 14.4 Å². The summed E-state index contributed by atoms with van der Waals surface area (Å²) in [5.74, 6) is 0.661. The van der Waals surface area contributed by atoms with Gasteiger partial charge in [0, 0.05) is 28.2 Å². The predicted molar refractivity (Wildman–Crippen MR) is 139 cm³/mol. The fraction of sp³-hybridized carbons (Fsp3) is 0.0345. The van der Waals surface area contributed by atoms with Crippen molar-refractivity contribution in [2.24, 2.45) is 5.10 Å². The number of nitrogens with zero attached hydrogens (tertiary/aromatic N) is 2. The molecule has 0 amide bonds. The Kier molecular flexibility index (Phi) is 6.26. The van der Waals surface area contributed by atoms with Crippen molar-refractivity contribution in [1.82, 2.24) is 4.57 Å². The van der Waals surface area contributed by atoms with Crippen LogP contribution in [0.1, 0.15) is 21.5 Å². The molecule has 6 heteroatoms. The van der Waals surface area contributed by atoms with Crippen molar-refractivity contribution in [3.63, 3.8) is 0 Å². The molecular formula is C29H23N3O3. The summed E-state index contributed by atoms with van der Waals surface area (Å²) in [5, 5.41) is 14.5. The lowest BCUT2D eigenvalue weighted by Crippen LogP contribution is -2.00. The molecule has 5 aromatic rings. The van der Waals surface area contributed by atoms with Crippen LogP contribution in [0.4, 0.5) is 5.69 Å². The van der Waals surface area contributed by atoms with Gasteiger partial charge in [-0.25, -0.2) is 4.79 Å². The summed E-state index contributed by atoms with van der Waals surface area (Å²) in [4.78, 5) is 11.0. The molecule has 5 rings (SSSR count). The third kappa shape index (κ3) is 5.07. The smallest absolute Gasteiger partial charge is 0.335 e. The van der Waals surface area contributed by atoms with Crippen molar-refractivity contribution in [2.75, 3.05) is 5.43 Å².